The highest BCUT2D eigenvalue weighted by Gasteiger charge is 2.33. The van der Waals surface area contributed by atoms with Crippen LogP contribution in [0.15, 0.2) is 9.95 Å². The number of unbranched alkanes of at least 4 members (excludes halogenated alkanes) is 2. The first-order valence-electron chi connectivity index (χ1n) is 11.4. The number of nitrogens with zero attached hydrogens (tertiary/aromatic N) is 3. The maximum Gasteiger partial charge on any atom is 0.263 e. The molecule has 1 amide bonds. The molecular formula is C22H31N3O4S3. The van der Waals surface area contributed by atoms with E-state index in [1.54, 1.807) is 27.9 Å². The molecule has 1 fully saturated rings. The number of aryl methyl sites for hydroxylation is 2. The molecule has 0 aromatic carbocycles. The van der Waals surface area contributed by atoms with Crippen LogP contribution in [0.1, 0.15) is 55.9 Å². The Hall–Kier alpha value is -1.39. The van der Waals surface area contributed by atoms with Crippen LogP contribution in [0.5, 0.6) is 0 Å². The summed E-state index contributed by atoms with van der Waals surface area (Å²) >= 11 is 2.92. The normalized spacial score (nSPS) is 19.9. The monoisotopic (exact) mass is 497 g/mol. The van der Waals surface area contributed by atoms with Crippen LogP contribution in [0.25, 0.3) is 10.2 Å². The molecule has 4 rings (SSSR count). The van der Waals surface area contributed by atoms with Crippen molar-refractivity contribution in [1.29, 1.82) is 0 Å². The van der Waals surface area contributed by atoms with Crippen molar-refractivity contribution in [3.05, 3.63) is 20.8 Å². The molecular weight excluding hydrogens is 466 g/mol. The van der Waals surface area contributed by atoms with E-state index in [0.717, 1.165) is 55.2 Å². The molecule has 0 spiro atoms. The number of carbonyl (C=O) groups is 1. The van der Waals surface area contributed by atoms with E-state index in [1.807, 2.05) is 0 Å². The third-order valence-corrected chi connectivity index (χ3v) is 10.4. The van der Waals surface area contributed by atoms with Crippen molar-refractivity contribution in [3.63, 3.8) is 0 Å². The van der Waals surface area contributed by atoms with Crippen LogP contribution in [-0.4, -0.2) is 59.1 Å². The third kappa shape index (κ3) is 4.92. The number of amides is 1. The fraction of sp³-hybridized carbons (Fsp3) is 0.682. The zero-order valence-corrected chi connectivity index (χ0v) is 21.2. The minimum absolute atomic E-state index is 0.0238. The Balaban J connectivity index is 1.58. The number of carbonyl (C=O) groups excluding carboxylic acids is 1. The van der Waals surface area contributed by atoms with Crippen LogP contribution in [0.2, 0.25) is 0 Å². The quantitative estimate of drug-likeness (QED) is 0.316. The van der Waals surface area contributed by atoms with E-state index in [0.29, 0.717) is 18.1 Å². The Morgan fingerprint density at radius 3 is 2.78 bits per heavy atom. The Morgan fingerprint density at radius 2 is 2.06 bits per heavy atom. The van der Waals surface area contributed by atoms with Crippen LogP contribution in [-0.2, 0) is 34.0 Å². The molecule has 1 aliphatic carbocycles. The van der Waals surface area contributed by atoms with Gasteiger partial charge < -0.3 is 4.90 Å². The van der Waals surface area contributed by atoms with E-state index in [-0.39, 0.29) is 34.8 Å². The molecule has 32 heavy (non-hydrogen) atoms. The van der Waals surface area contributed by atoms with E-state index in [1.165, 1.54) is 22.2 Å². The van der Waals surface area contributed by atoms with Crippen molar-refractivity contribution in [2.24, 2.45) is 0 Å². The second-order valence-corrected chi connectivity index (χ2v) is 13.1. The summed E-state index contributed by atoms with van der Waals surface area (Å²) in [6.07, 6.45) is 7.72. The fourth-order valence-electron chi connectivity index (χ4n) is 4.56. The van der Waals surface area contributed by atoms with Crippen LogP contribution in [0.4, 0.5) is 0 Å². The lowest BCUT2D eigenvalue weighted by molar-refractivity contribution is -0.128. The van der Waals surface area contributed by atoms with Crippen molar-refractivity contribution < 1.29 is 13.2 Å². The first-order valence-corrected chi connectivity index (χ1v) is 15.1. The molecule has 7 nitrogen and oxygen atoms in total. The van der Waals surface area contributed by atoms with Crippen molar-refractivity contribution in [1.82, 2.24) is 14.5 Å². The summed E-state index contributed by atoms with van der Waals surface area (Å²) in [5, 5.41) is 1.38. The Morgan fingerprint density at radius 1 is 1.28 bits per heavy atom. The first kappa shape index (κ1) is 23.8. The Bertz CT molecular complexity index is 1170. The number of fused-ring (bicyclic) bond motifs is 3. The first-order chi connectivity index (χ1) is 15.3. The summed E-state index contributed by atoms with van der Waals surface area (Å²) in [5.74, 6) is 0.189. The van der Waals surface area contributed by atoms with E-state index in [2.05, 4.69) is 6.92 Å². The minimum Gasteiger partial charge on any atom is -0.341 e. The minimum atomic E-state index is -3.05. The van der Waals surface area contributed by atoms with Crippen molar-refractivity contribution >= 4 is 49.1 Å². The van der Waals surface area contributed by atoms with E-state index < -0.39 is 9.84 Å². The van der Waals surface area contributed by atoms with Crippen LogP contribution in [0.3, 0.4) is 0 Å². The van der Waals surface area contributed by atoms with Crippen molar-refractivity contribution in [2.45, 2.75) is 76.0 Å². The maximum atomic E-state index is 13.5. The SMILES string of the molecule is CCCCCn1c(SCC(=O)N(C)C2CCS(=O)(=O)C2)nc2sc3c(c2c1=O)CCCC3. The van der Waals surface area contributed by atoms with Gasteiger partial charge in [0.2, 0.25) is 5.91 Å². The van der Waals surface area contributed by atoms with Crippen LogP contribution < -0.4 is 5.56 Å². The molecule has 2 aromatic rings. The predicted molar refractivity (Wildman–Crippen MR) is 131 cm³/mol. The average Bonchev–Trinajstić information content (AvgIpc) is 3.32. The smallest absolute Gasteiger partial charge is 0.263 e. The number of hydrogen-bond donors (Lipinski definition) is 0. The highest BCUT2D eigenvalue weighted by atomic mass is 32.2. The molecule has 0 saturated carbocycles. The second kappa shape index (κ2) is 9.85. The van der Waals surface area contributed by atoms with Gasteiger partial charge in [-0.2, -0.15) is 0 Å². The molecule has 1 aliphatic heterocycles. The molecule has 0 bridgehead atoms. The van der Waals surface area contributed by atoms with Gasteiger partial charge in [-0.05, 0) is 44.1 Å². The van der Waals surface area contributed by atoms with E-state index in [9.17, 15) is 18.0 Å². The third-order valence-electron chi connectivity index (χ3n) is 6.50. The lowest BCUT2D eigenvalue weighted by Crippen LogP contribution is -2.39. The van der Waals surface area contributed by atoms with Gasteiger partial charge in [-0.1, -0.05) is 31.5 Å². The number of thioether (sulfide) groups is 1. The standard InChI is InChI=1S/C22H31N3O4S3/c1-3-4-7-11-25-21(27)19-16-8-5-6-9-17(16)31-20(19)23-22(25)30-13-18(26)24(2)15-10-12-32(28,29)14-15/h15H,3-14H2,1-2H3. The lowest BCUT2D eigenvalue weighted by atomic mass is 9.97. The Labute approximate surface area is 197 Å². The summed E-state index contributed by atoms with van der Waals surface area (Å²) < 4.78 is 25.3. The van der Waals surface area contributed by atoms with Crippen molar-refractivity contribution in [2.75, 3.05) is 24.3 Å². The van der Waals surface area contributed by atoms with Gasteiger partial charge in [-0.25, -0.2) is 13.4 Å². The number of aromatic nitrogens is 2. The molecule has 10 heteroatoms. The maximum absolute atomic E-state index is 13.5. The lowest BCUT2D eigenvalue weighted by Gasteiger charge is -2.23. The van der Waals surface area contributed by atoms with Crippen LogP contribution in [0, 0.1) is 0 Å². The molecule has 1 unspecified atom stereocenters. The summed E-state index contributed by atoms with van der Waals surface area (Å²) in [5.41, 5.74) is 1.21. The molecule has 0 radical (unpaired) electrons. The number of hydrogen-bond acceptors (Lipinski definition) is 7. The van der Waals surface area contributed by atoms with Gasteiger partial charge in [0.1, 0.15) is 4.83 Å². The second-order valence-electron chi connectivity index (χ2n) is 8.80. The van der Waals surface area contributed by atoms with Crippen LogP contribution >= 0.6 is 23.1 Å². The van der Waals surface area contributed by atoms with Gasteiger partial charge in [-0.15, -0.1) is 11.3 Å². The predicted octanol–water partition coefficient (Wildman–Crippen LogP) is 3.26. The number of sulfone groups is 1. The van der Waals surface area contributed by atoms with E-state index in [4.69, 9.17) is 4.98 Å². The van der Waals surface area contributed by atoms with Gasteiger partial charge in [-0.3, -0.25) is 14.2 Å². The van der Waals surface area contributed by atoms with Gasteiger partial charge in [0.25, 0.3) is 5.56 Å². The Kier molecular flexibility index (Phi) is 7.31. The summed E-state index contributed by atoms with van der Waals surface area (Å²) in [7, 11) is -1.38. The largest absolute Gasteiger partial charge is 0.341 e. The molecule has 1 saturated heterocycles. The highest BCUT2D eigenvalue weighted by molar-refractivity contribution is 7.99. The zero-order chi connectivity index (χ0) is 22.9. The van der Waals surface area contributed by atoms with Gasteiger partial charge in [0.15, 0.2) is 15.0 Å². The zero-order valence-electron chi connectivity index (χ0n) is 18.8. The molecule has 3 heterocycles. The highest BCUT2D eigenvalue weighted by Crippen LogP contribution is 2.35. The number of rotatable bonds is 8. The summed E-state index contributed by atoms with van der Waals surface area (Å²) in [4.78, 5) is 34.8. The molecule has 176 valence electrons. The average molecular weight is 498 g/mol. The number of thiophene rings is 1. The van der Waals surface area contributed by atoms with Crippen molar-refractivity contribution in [3.8, 4) is 0 Å². The van der Waals surface area contributed by atoms with Gasteiger partial charge in [0, 0.05) is 24.5 Å². The van der Waals surface area contributed by atoms with Gasteiger partial charge >= 0.3 is 0 Å². The van der Waals surface area contributed by atoms with Gasteiger partial charge in [0.05, 0.1) is 22.6 Å². The molecule has 2 aromatic heterocycles. The summed E-state index contributed by atoms with van der Waals surface area (Å²) in [6, 6.07) is -0.265. The topological polar surface area (TPSA) is 89.3 Å². The summed E-state index contributed by atoms with van der Waals surface area (Å²) in [6.45, 7) is 2.74. The molecule has 0 N–H and O–H groups in total. The van der Waals surface area contributed by atoms with E-state index >= 15 is 0 Å². The molecule has 2 aliphatic rings. The fourth-order valence-corrected chi connectivity index (χ4v) is 8.59. The molecule has 1 atom stereocenters.